The summed E-state index contributed by atoms with van der Waals surface area (Å²) in [5.41, 5.74) is 2.35. The number of benzene rings is 1. The first-order valence-corrected chi connectivity index (χ1v) is 9.29. The zero-order valence-corrected chi connectivity index (χ0v) is 16.2. The van der Waals surface area contributed by atoms with E-state index in [4.69, 9.17) is 4.74 Å². The first-order valence-electron chi connectivity index (χ1n) is 8.41. The van der Waals surface area contributed by atoms with Crippen LogP contribution >= 0.6 is 11.3 Å². The fourth-order valence-electron chi connectivity index (χ4n) is 2.46. The van der Waals surface area contributed by atoms with Gasteiger partial charge in [-0.1, -0.05) is 37.6 Å². The third-order valence-electron chi connectivity index (χ3n) is 3.99. The Morgan fingerprint density at radius 1 is 1.15 bits per heavy atom. The van der Waals surface area contributed by atoms with Crippen molar-refractivity contribution >= 4 is 29.0 Å². The van der Waals surface area contributed by atoms with Crippen molar-refractivity contribution in [2.24, 2.45) is 5.92 Å². The van der Waals surface area contributed by atoms with Crippen molar-refractivity contribution in [2.45, 2.75) is 33.7 Å². The minimum Gasteiger partial charge on any atom is -0.456 e. The Balaban J connectivity index is 2.00. The number of esters is 1. The number of aryl methyl sites for hydroxylation is 2. The number of Topliss-reactive ketones (excluding diaryl/α,β-unsaturated/α-hetero) is 1. The lowest BCUT2D eigenvalue weighted by molar-refractivity contribution is -0.145. The Morgan fingerprint density at radius 3 is 2.50 bits per heavy atom. The molecule has 0 aliphatic heterocycles. The second kappa shape index (κ2) is 8.76. The van der Waals surface area contributed by atoms with E-state index in [0.29, 0.717) is 10.4 Å². The molecule has 1 atom stereocenters. The fourth-order valence-corrected chi connectivity index (χ4v) is 3.09. The number of carbonyl (C=O) groups excluding carboxylic acids is 3. The predicted octanol–water partition coefficient (Wildman–Crippen LogP) is 3.55. The van der Waals surface area contributed by atoms with Crippen molar-refractivity contribution in [3.8, 4) is 0 Å². The van der Waals surface area contributed by atoms with Gasteiger partial charge in [0, 0.05) is 5.56 Å². The van der Waals surface area contributed by atoms with Gasteiger partial charge in [0.25, 0.3) is 5.91 Å². The van der Waals surface area contributed by atoms with Crippen molar-refractivity contribution in [3.63, 3.8) is 0 Å². The minimum absolute atomic E-state index is 0.165. The summed E-state index contributed by atoms with van der Waals surface area (Å²) in [5.74, 6) is -1.35. The van der Waals surface area contributed by atoms with Gasteiger partial charge >= 0.3 is 5.97 Å². The van der Waals surface area contributed by atoms with Gasteiger partial charge in [0.15, 0.2) is 6.61 Å². The van der Waals surface area contributed by atoms with E-state index in [1.165, 1.54) is 11.3 Å². The number of hydrogen-bond acceptors (Lipinski definition) is 5. The summed E-state index contributed by atoms with van der Waals surface area (Å²) >= 11 is 1.30. The molecular weight excluding hydrogens is 350 g/mol. The highest BCUT2D eigenvalue weighted by molar-refractivity contribution is 7.12. The molecule has 1 amide bonds. The molecule has 138 valence electrons. The summed E-state index contributed by atoms with van der Waals surface area (Å²) in [6.45, 7) is 7.02. The van der Waals surface area contributed by atoms with E-state index in [1.54, 1.807) is 23.6 Å². The molecule has 5 nitrogen and oxygen atoms in total. The van der Waals surface area contributed by atoms with Crippen LogP contribution in [0.5, 0.6) is 0 Å². The van der Waals surface area contributed by atoms with E-state index >= 15 is 0 Å². The maximum atomic E-state index is 12.4. The Hall–Kier alpha value is -2.47. The van der Waals surface area contributed by atoms with Gasteiger partial charge in [0.2, 0.25) is 5.78 Å². The summed E-state index contributed by atoms with van der Waals surface area (Å²) in [7, 11) is 0. The molecule has 0 unspecified atom stereocenters. The van der Waals surface area contributed by atoms with Crippen LogP contribution in [-0.4, -0.2) is 30.3 Å². The highest BCUT2D eigenvalue weighted by Crippen LogP contribution is 2.13. The van der Waals surface area contributed by atoms with Gasteiger partial charge in [-0.2, -0.15) is 0 Å². The second-order valence-corrected chi connectivity index (χ2v) is 7.47. The van der Waals surface area contributed by atoms with Crippen LogP contribution in [0.4, 0.5) is 0 Å². The summed E-state index contributed by atoms with van der Waals surface area (Å²) in [4.78, 5) is 37.5. The van der Waals surface area contributed by atoms with Gasteiger partial charge in [-0.3, -0.25) is 9.59 Å². The summed E-state index contributed by atoms with van der Waals surface area (Å²) in [6, 6.07) is 8.22. The van der Waals surface area contributed by atoms with Crippen LogP contribution in [-0.2, 0) is 9.53 Å². The van der Waals surface area contributed by atoms with Crippen molar-refractivity contribution in [1.82, 2.24) is 5.32 Å². The van der Waals surface area contributed by atoms with Crippen LogP contribution in [0.3, 0.4) is 0 Å². The van der Waals surface area contributed by atoms with Crippen molar-refractivity contribution in [1.29, 1.82) is 0 Å². The molecule has 0 saturated heterocycles. The molecule has 0 spiro atoms. The molecule has 0 fully saturated rings. The lowest BCUT2D eigenvalue weighted by Gasteiger charge is -2.20. The molecule has 1 heterocycles. The number of ether oxygens (including phenoxy) is 1. The molecule has 1 aromatic carbocycles. The molecule has 1 aromatic heterocycles. The number of thiophene rings is 1. The smallest absolute Gasteiger partial charge is 0.329 e. The Kier molecular flexibility index (Phi) is 6.69. The quantitative estimate of drug-likeness (QED) is 0.595. The zero-order chi connectivity index (χ0) is 19.3. The maximum absolute atomic E-state index is 12.4. The molecule has 0 saturated carbocycles. The van der Waals surface area contributed by atoms with Gasteiger partial charge < -0.3 is 10.1 Å². The van der Waals surface area contributed by atoms with Gasteiger partial charge in [-0.15, -0.1) is 11.3 Å². The number of nitrogens with one attached hydrogen (secondary N) is 1. The average molecular weight is 373 g/mol. The number of carbonyl (C=O) groups is 3. The molecule has 2 aromatic rings. The molecule has 0 radical (unpaired) electrons. The topological polar surface area (TPSA) is 72.5 Å². The van der Waals surface area contributed by atoms with Crippen LogP contribution in [0.1, 0.15) is 45.0 Å². The lowest BCUT2D eigenvalue weighted by Crippen LogP contribution is -2.45. The van der Waals surface area contributed by atoms with Crippen LogP contribution in [0, 0.1) is 19.8 Å². The molecule has 2 rings (SSSR count). The van der Waals surface area contributed by atoms with Gasteiger partial charge in [-0.05, 0) is 42.8 Å². The minimum atomic E-state index is -0.809. The van der Waals surface area contributed by atoms with Crippen LogP contribution in [0.25, 0.3) is 0 Å². The molecule has 0 aliphatic rings. The first kappa shape index (κ1) is 19.8. The predicted molar refractivity (Wildman–Crippen MR) is 102 cm³/mol. The number of hydrogen-bond donors (Lipinski definition) is 1. The fraction of sp³-hybridized carbons (Fsp3) is 0.350. The molecule has 0 bridgehead atoms. The van der Waals surface area contributed by atoms with Gasteiger partial charge in [0.05, 0.1) is 4.88 Å². The zero-order valence-electron chi connectivity index (χ0n) is 15.4. The summed E-state index contributed by atoms with van der Waals surface area (Å²) < 4.78 is 5.19. The largest absolute Gasteiger partial charge is 0.456 e. The summed E-state index contributed by atoms with van der Waals surface area (Å²) in [5, 5.41) is 4.48. The average Bonchev–Trinajstić information content (AvgIpc) is 3.13. The van der Waals surface area contributed by atoms with Crippen LogP contribution < -0.4 is 5.32 Å². The Morgan fingerprint density at radius 2 is 1.88 bits per heavy atom. The van der Waals surface area contributed by atoms with E-state index in [0.717, 1.165) is 11.1 Å². The lowest BCUT2D eigenvalue weighted by atomic mass is 10.0. The monoisotopic (exact) mass is 373 g/mol. The van der Waals surface area contributed by atoms with Crippen molar-refractivity contribution in [3.05, 3.63) is 57.3 Å². The van der Waals surface area contributed by atoms with Crippen molar-refractivity contribution in [2.75, 3.05) is 6.61 Å². The van der Waals surface area contributed by atoms with Gasteiger partial charge in [0.1, 0.15) is 6.04 Å². The number of ketones is 1. The normalized spacial score (nSPS) is 11.9. The molecule has 26 heavy (non-hydrogen) atoms. The Labute approximate surface area is 157 Å². The number of rotatable bonds is 7. The van der Waals surface area contributed by atoms with Crippen LogP contribution in [0.2, 0.25) is 0 Å². The molecule has 1 N–H and O–H groups in total. The van der Waals surface area contributed by atoms with Crippen molar-refractivity contribution < 1.29 is 19.1 Å². The summed E-state index contributed by atoms with van der Waals surface area (Å²) in [6.07, 6.45) is 0. The Bertz CT molecular complexity index is 796. The number of amides is 1. The third kappa shape index (κ3) is 5.02. The van der Waals surface area contributed by atoms with E-state index in [-0.39, 0.29) is 24.2 Å². The first-order chi connectivity index (χ1) is 12.3. The van der Waals surface area contributed by atoms with E-state index in [1.807, 2.05) is 39.8 Å². The van der Waals surface area contributed by atoms with Gasteiger partial charge in [-0.25, -0.2) is 4.79 Å². The van der Waals surface area contributed by atoms with E-state index in [9.17, 15) is 14.4 Å². The third-order valence-corrected chi connectivity index (χ3v) is 4.86. The van der Waals surface area contributed by atoms with E-state index < -0.39 is 12.0 Å². The highest BCUT2D eigenvalue weighted by Gasteiger charge is 2.27. The molecule has 0 aliphatic carbocycles. The molecule has 6 heteroatoms. The highest BCUT2D eigenvalue weighted by atomic mass is 32.1. The van der Waals surface area contributed by atoms with Crippen LogP contribution in [0.15, 0.2) is 35.7 Å². The van der Waals surface area contributed by atoms with E-state index in [2.05, 4.69) is 5.32 Å². The standard InChI is InChI=1S/C20H23NO4S/c1-12(2)18(21-19(23)17-6-5-9-26-17)20(24)25-11-16(22)15-10-13(3)7-8-14(15)4/h5-10,12,18H,11H2,1-4H3,(H,21,23)/t18-/m0/s1. The molecular formula is C20H23NO4S. The maximum Gasteiger partial charge on any atom is 0.329 e. The SMILES string of the molecule is Cc1ccc(C)c(C(=O)COC(=O)[C@@H](NC(=O)c2cccs2)C(C)C)c1. The second-order valence-electron chi connectivity index (χ2n) is 6.52.